The first-order valence-corrected chi connectivity index (χ1v) is 12.7. The molecule has 35 heavy (non-hydrogen) atoms. The highest BCUT2D eigenvalue weighted by molar-refractivity contribution is 6.04. The molecule has 188 valence electrons. The van der Waals surface area contributed by atoms with Gasteiger partial charge in [-0.25, -0.2) is 4.79 Å². The molecule has 1 saturated heterocycles. The Morgan fingerprint density at radius 3 is 2.63 bits per heavy atom. The molecule has 5 rings (SSSR count). The van der Waals surface area contributed by atoms with Crippen molar-refractivity contribution in [3.8, 4) is 0 Å². The fourth-order valence-corrected chi connectivity index (χ4v) is 6.84. The Morgan fingerprint density at radius 1 is 1.23 bits per heavy atom. The van der Waals surface area contributed by atoms with Crippen molar-refractivity contribution in [1.29, 1.82) is 0 Å². The van der Waals surface area contributed by atoms with E-state index in [9.17, 15) is 19.8 Å². The number of ether oxygens (including phenoxy) is 2. The van der Waals surface area contributed by atoms with Crippen molar-refractivity contribution in [2.45, 2.75) is 70.4 Å². The Bertz CT molecular complexity index is 1070. The van der Waals surface area contributed by atoms with Crippen molar-refractivity contribution in [1.82, 2.24) is 0 Å². The predicted octanol–water partition coefficient (Wildman–Crippen LogP) is 3.71. The second kappa shape index (κ2) is 8.39. The predicted molar refractivity (Wildman–Crippen MR) is 131 cm³/mol. The quantitative estimate of drug-likeness (QED) is 0.388. The summed E-state index contributed by atoms with van der Waals surface area (Å²) in [5.41, 5.74) is -0.929. The Balaban J connectivity index is 1.55. The number of Topliss-reactive ketones (excluding diaryl/α,β-unsaturated/α-hetero) is 1. The molecule has 0 radical (unpaired) electrons. The van der Waals surface area contributed by atoms with Crippen LogP contribution >= 0.6 is 0 Å². The second-order valence-corrected chi connectivity index (χ2v) is 11.8. The minimum atomic E-state index is -1.59. The average Bonchev–Trinajstić information content (AvgIpc) is 3.60. The first kappa shape index (κ1) is 24.4. The van der Waals surface area contributed by atoms with Crippen molar-refractivity contribution in [2.24, 2.45) is 29.1 Å². The Hall–Kier alpha value is -2.28. The van der Waals surface area contributed by atoms with Crippen LogP contribution < -0.4 is 0 Å². The molecule has 6 heteroatoms. The summed E-state index contributed by atoms with van der Waals surface area (Å²) in [5.74, 6) is -1.45. The summed E-state index contributed by atoms with van der Waals surface area (Å²) in [6.45, 7) is 7.84. The van der Waals surface area contributed by atoms with Crippen molar-refractivity contribution in [2.75, 3.05) is 6.61 Å². The van der Waals surface area contributed by atoms with Crippen molar-refractivity contribution >= 4 is 17.8 Å². The minimum Gasteiger partial charge on any atom is -0.447 e. The zero-order valence-corrected chi connectivity index (χ0v) is 20.9. The lowest BCUT2D eigenvalue weighted by atomic mass is 9.77. The number of benzene rings is 1. The Labute approximate surface area is 207 Å². The van der Waals surface area contributed by atoms with E-state index < -0.39 is 47.7 Å². The van der Waals surface area contributed by atoms with E-state index in [0.29, 0.717) is 5.92 Å². The maximum absolute atomic E-state index is 14.2. The van der Waals surface area contributed by atoms with Crippen LogP contribution in [0.3, 0.4) is 0 Å². The number of esters is 1. The number of epoxide rings is 1. The summed E-state index contributed by atoms with van der Waals surface area (Å²) in [4.78, 5) is 27.3. The molecule has 1 aliphatic heterocycles. The van der Waals surface area contributed by atoms with E-state index in [1.165, 1.54) is 6.08 Å². The van der Waals surface area contributed by atoms with Gasteiger partial charge in [-0.3, -0.25) is 4.79 Å². The molecule has 1 heterocycles. The van der Waals surface area contributed by atoms with Gasteiger partial charge in [0.15, 0.2) is 5.60 Å². The van der Waals surface area contributed by atoms with E-state index >= 15 is 0 Å². The van der Waals surface area contributed by atoms with Gasteiger partial charge < -0.3 is 19.7 Å². The van der Waals surface area contributed by atoms with Crippen LogP contribution in [0.15, 0.2) is 48.1 Å². The fraction of sp³-hybridized carbons (Fsp3) is 0.586. The first-order chi connectivity index (χ1) is 16.5. The van der Waals surface area contributed by atoms with Gasteiger partial charge in [-0.2, -0.15) is 0 Å². The molecule has 2 saturated carbocycles. The summed E-state index contributed by atoms with van der Waals surface area (Å²) >= 11 is 0. The molecule has 0 amide bonds. The second-order valence-electron chi connectivity index (χ2n) is 11.8. The van der Waals surface area contributed by atoms with Crippen LogP contribution in [-0.2, 0) is 19.1 Å². The topological polar surface area (TPSA) is 96.4 Å². The van der Waals surface area contributed by atoms with Crippen LogP contribution in [-0.4, -0.2) is 52.0 Å². The summed E-state index contributed by atoms with van der Waals surface area (Å²) in [5, 5.41) is 21.5. The molecule has 8 atom stereocenters. The van der Waals surface area contributed by atoms with Gasteiger partial charge in [-0.1, -0.05) is 57.2 Å². The molecule has 3 aliphatic carbocycles. The summed E-state index contributed by atoms with van der Waals surface area (Å²) in [6, 6.07) is 9.38. The van der Waals surface area contributed by atoms with Crippen molar-refractivity contribution in [3.05, 3.63) is 53.6 Å². The third-order valence-electron chi connectivity index (χ3n) is 9.19. The number of hydrogen-bond acceptors (Lipinski definition) is 6. The highest BCUT2D eigenvalue weighted by Crippen LogP contribution is 2.64. The van der Waals surface area contributed by atoms with E-state index in [-0.39, 0.29) is 29.2 Å². The lowest BCUT2D eigenvalue weighted by molar-refractivity contribution is -0.168. The maximum atomic E-state index is 14.2. The first-order valence-electron chi connectivity index (χ1n) is 12.7. The summed E-state index contributed by atoms with van der Waals surface area (Å²) in [7, 11) is 0. The monoisotopic (exact) mass is 480 g/mol. The van der Waals surface area contributed by atoms with E-state index in [4.69, 9.17) is 9.47 Å². The van der Waals surface area contributed by atoms with Gasteiger partial charge in [0, 0.05) is 18.1 Å². The van der Waals surface area contributed by atoms with Gasteiger partial charge in [-0.05, 0) is 54.6 Å². The number of ketones is 1. The normalized spacial score (nSPS) is 41.8. The van der Waals surface area contributed by atoms with E-state index in [0.717, 1.165) is 18.4 Å². The number of rotatable bonds is 4. The van der Waals surface area contributed by atoms with Gasteiger partial charge in [0.1, 0.15) is 0 Å². The molecule has 3 fully saturated rings. The minimum absolute atomic E-state index is 0.0325. The number of aliphatic hydroxyl groups excluding tert-OH is 2. The maximum Gasteiger partial charge on any atom is 0.331 e. The molecular weight excluding hydrogens is 444 g/mol. The molecule has 0 spiro atoms. The lowest BCUT2D eigenvalue weighted by Gasteiger charge is -2.34. The largest absolute Gasteiger partial charge is 0.447 e. The van der Waals surface area contributed by atoms with Crippen LogP contribution in [0.5, 0.6) is 0 Å². The van der Waals surface area contributed by atoms with Crippen molar-refractivity contribution < 1.29 is 29.3 Å². The summed E-state index contributed by atoms with van der Waals surface area (Å²) < 4.78 is 12.3. The third-order valence-corrected chi connectivity index (χ3v) is 9.19. The molecule has 0 aromatic heterocycles. The van der Waals surface area contributed by atoms with Gasteiger partial charge >= 0.3 is 5.97 Å². The highest BCUT2D eigenvalue weighted by Gasteiger charge is 2.71. The molecule has 6 nitrogen and oxygen atoms in total. The molecular formula is C29H36O6. The van der Waals surface area contributed by atoms with Crippen LogP contribution in [0.2, 0.25) is 0 Å². The Morgan fingerprint density at radius 2 is 1.94 bits per heavy atom. The standard InChI is InChI=1S/C29H36O6/c1-17-15-29(34-22(31)11-10-18-8-6-5-7-9-18)23(24(17)32)26-28(4,35-26)13-12-20-21(27(20,2)3)14-19(16-30)25(29)33/h5-11,14,17,20-21,23-24,26,30,32H,12-13,15-16H2,1-4H3/b11-10+,19-14?/t17-,20-,21+,23?,24-,26+,28+,29+/m0/s1. The molecule has 1 aromatic rings. The number of aliphatic hydroxyl groups is 2. The number of carbonyl (C=O) groups is 2. The molecule has 4 aliphatic rings. The van der Waals surface area contributed by atoms with E-state index in [1.54, 1.807) is 6.08 Å². The van der Waals surface area contributed by atoms with Crippen LogP contribution in [0.4, 0.5) is 0 Å². The SMILES string of the molecule is C[C@H]1C[C@]2(OC(=O)/C=C/c3ccccc3)C(=O)C(CO)=C[C@@H]3[C@H](CC[C@@]4(C)O[C@@H]4C2[C@H]1O)C3(C)C. The van der Waals surface area contributed by atoms with Gasteiger partial charge in [0.2, 0.25) is 5.78 Å². The lowest BCUT2D eigenvalue weighted by Crippen LogP contribution is -2.52. The number of allylic oxidation sites excluding steroid dienone is 1. The smallest absolute Gasteiger partial charge is 0.331 e. The summed E-state index contributed by atoms with van der Waals surface area (Å²) in [6.07, 6.45) is 5.56. The third kappa shape index (κ3) is 4.00. The van der Waals surface area contributed by atoms with E-state index in [1.807, 2.05) is 50.3 Å². The van der Waals surface area contributed by atoms with Crippen molar-refractivity contribution in [3.63, 3.8) is 0 Å². The van der Waals surface area contributed by atoms with Crippen LogP contribution in [0.25, 0.3) is 6.08 Å². The highest BCUT2D eigenvalue weighted by atomic mass is 16.6. The van der Waals surface area contributed by atoms with Crippen LogP contribution in [0.1, 0.15) is 52.5 Å². The van der Waals surface area contributed by atoms with E-state index in [2.05, 4.69) is 13.8 Å². The van der Waals surface area contributed by atoms with Gasteiger partial charge in [0.25, 0.3) is 0 Å². The average molecular weight is 481 g/mol. The molecule has 1 aromatic carbocycles. The Kier molecular flexibility index (Phi) is 5.86. The molecule has 1 unspecified atom stereocenters. The van der Waals surface area contributed by atoms with Gasteiger partial charge in [-0.15, -0.1) is 0 Å². The fourth-order valence-electron chi connectivity index (χ4n) is 6.84. The zero-order chi connectivity index (χ0) is 25.2. The zero-order valence-electron chi connectivity index (χ0n) is 20.9. The number of carbonyl (C=O) groups excluding carboxylic acids is 2. The number of fused-ring (bicyclic) bond motifs is 4. The van der Waals surface area contributed by atoms with Gasteiger partial charge in [0.05, 0.1) is 30.3 Å². The molecule has 2 N–H and O–H groups in total. The molecule has 0 bridgehead atoms. The van der Waals surface area contributed by atoms with Crippen LogP contribution in [0, 0.1) is 29.1 Å². The number of hydrogen-bond donors (Lipinski definition) is 2.